The summed E-state index contributed by atoms with van der Waals surface area (Å²) in [5, 5.41) is 12.4. The van der Waals surface area contributed by atoms with Crippen LogP contribution in [0, 0.1) is 5.41 Å². The lowest BCUT2D eigenvalue weighted by molar-refractivity contribution is -0.173. The van der Waals surface area contributed by atoms with Gasteiger partial charge in [-0.25, -0.2) is 0 Å². The normalized spacial score (nSPS) is 12.6. The number of hydrogen-bond donors (Lipinski definition) is 1. The third-order valence-electron chi connectivity index (χ3n) is 2.51. The second-order valence-corrected chi connectivity index (χ2v) is 5.43. The van der Waals surface area contributed by atoms with Crippen molar-refractivity contribution in [2.24, 2.45) is 5.41 Å². The van der Waals surface area contributed by atoms with E-state index in [1.165, 1.54) is 0 Å². The first-order valence-electron chi connectivity index (χ1n) is 6.25. The first-order valence-corrected chi connectivity index (χ1v) is 6.25. The molecule has 6 nitrogen and oxygen atoms in total. The maximum Gasteiger partial charge on any atom is 0.411 e. The van der Waals surface area contributed by atoms with Crippen LogP contribution >= 0.6 is 0 Å². The van der Waals surface area contributed by atoms with E-state index in [9.17, 15) is 18.0 Å². The Morgan fingerprint density at radius 3 is 2.62 bits per heavy atom. The molecule has 0 aliphatic heterocycles. The molecule has 0 aliphatic carbocycles. The summed E-state index contributed by atoms with van der Waals surface area (Å²) < 4.78 is 44.9. The van der Waals surface area contributed by atoms with Crippen LogP contribution in [0.4, 0.5) is 13.2 Å². The molecule has 0 atom stereocenters. The summed E-state index contributed by atoms with van der Waals surface area (Å²) in [7, 11) is 0. The predicted molar refractivity (Wildman–Crippen MR) is 64.6 cm³/mol. The highest BCUT2D eigenvalue weighted by Crippen LogP contribution is 2.25. The number of hydrogen-bond acceptors (Lipinski definition) is 5. The average Bonchev–Trinajstić information content (AvgIpc) is 2.68. The molecule has 0 unspecified atom stereocenters. The van der Waals surface area contributed by atoms with Crippen LogP contribution in [0.25, 0.3) is 0 Å². The van der Waals surface area contributed by atoms with Crippen LogP contribution in [0.3, 0.4) is 0 Å². The molecule has 0 spiro atoms. The minimum atomic E-state index is -4.36. The standard InChI is InChI=1S/C12H17F3N2O4/c1-11(2,6-10(18)19)5-9-16-8(17-21-9)3-4-20-7-12(13,14)15/h3-7H2,1-2H3,(H,18,19). The molecule has 0 fully saturated rings. The highest BCUT2D eigenvalue weighted by molar-refractivity contribution is 5.67. The summed E-state index contributed by atoms with van der Waals surface area (Å²) in [6.07, 6.45) is -4.04. The van der Waals surface area contributed by atoms with Crippen molar-refractivity contribution in [3.05, 3.63) is 11.7 Å². The minimum Gasteiger partial charge on any atom is -0.481 e. The number of aromatic nitrogens is 2. The number of rotatable bonds is 8. The van der Waals surface area contributed by atoms with Crippen LogP contribution in [-0.2, 0) is 22.4 Å². The molecule has 0 radical (unpaired) electrons. The summed E-state index contributed by atoms with van der Waals surface area (Å²) in [6.45, 7) is 2.01. The Morgan fingerprint density at radius 2 is 2.05 bits per heavy atom. The molecule has 0 aromatic carbocycles. The minimum absolute atomic E-state index is 0.0561. The van der Waals surface area contributed by atoms with E-state index in [0.29, 0.717) is 0 Å². The molecular weight excluding hydrogens is 293 g/mol. The molecule has 1 heterocycles. The van der Waals surface area contributed by atoms with Gasteiger partial charge < -0.3 is 14.4 Å². The maximum atomic E-state index is 11.9. The van der Waals surface area contributed by atoms with Crippen LogP contribution in [0.1, 0.15) is 32.0 Å². The van der Waals surface area contributed by atoms with Gasteiger partial charge in [-0.3, -0.25) is 4.79 Å². The summed E-state index contributed by atoms with van der Waals surface area (Å²) in [6, 6.07) is 0. The molecule has 21 heavy (non-hydrogen) atoms. The van der Waals surface area contributed by atoms with E-state index in [1.807, 2.05) is 0 Å². The zero-order valence-corrected chi connectivity index (χ0v) is 11.7. The van der Waals surface area contributed by atoms with Gasteiger partial charge in [0.2, 0.25) is 5.89 Å². The topological polar surface area (TPSA) is 85.5 Å². The van der Waals surface area contributed by atoms with Gasteiger partial charge >= 0.3 is 12.1 Å². The van der Waals surface area contributed by atoms with Crippen molar-refractivity contribution in [3.8, 4) is 0 Å². The molecular formula is C12H17F3N2O4. The lowest BCUT2D eigenvalue weighted by Gasteiger charge is -2.19. The van der Waals surface area contributed by atoms with Crippen molar-refractivity contribution < 1.29 is 32.3 Å². The molecule has 120 valence electrons. The van der Waals surface area contributed by atoms with Gasteiger partial charge in [0.05, 0.1) is 13.0 Å². The van der Waals surface area contributed by atoms with Gasteiger partial charge in [0, 0.05) is 12.8 Å². The van der Waals surface area contributed by atoms with Crippen molar-refractivity contribution in [1.29, 1.82) is 0 Å². The van der Waals surface area contributed by atoms with Crippen molar-refractivity contribution in [3.63, 3.8) is 0 Å². The van der Waals surface area contributed by atoms with Crippen molar-refractivity contribution in [1.82, 2.24) is 10.1 Å². The van der Waals surface area contributed by atoms with E-state index in [4.69, 9.17) is 9.63 Å². The van der Waals surface area contributed by atoms with Crippen molar-refractivity contribution >= 4 is 5.97 Å². The SMILES string of the molecule is CC(C)(CC(=O)O)Cc1nc(CCOCC(F)(F)F)no1. The first-order chi connectivity index (χ1) is 9.57. The fourth-order valence-electron chi connectivity index (χ4n) is 1.70. The quantitative estimate of drug-likeness (QED) is 0.741. The first kappa shape index (κ1) is 17.4. The van der Waals surface area contributed by atoms with E-state index in [0.717, 1.165) is 0 Å². The van der Waals surface area contributed by atoms with E-state index in [-0.39, 0.29) is 37.6 Å². The summed E-state index contributed by atoms with van der Waals surface area (Å²) >= 11 is 0. The molecule has 0 saturated heterocycles. The van der Waals surface area contributed by atoms with Gasteiger partial charge in [-0.15, -0.1) is 0 Å². The zero-order valence-electron chi connectivity index (χ0n) is 11.7. The molecule has 0 bridgehead atoms. The third kappa shape index (κ3) is 7.64. The Kier molecular flexibility index (Phi) is 5.70. The van der Waals surface area contributed by atoms with Crippen LogP contribution in [-0.4, -0.2) is 40.6 Å². The van der Waals surface area contributed by atoms with Crippen LogP contribution < -0.4 is 0 Å². The number of carboxylic acid groups (broad SMARTS) is 1. The van der Waals surface area contributed by atoms with E-state index in [2.05, 4.69) is 14.9 Å². The van der Waals surface area contributed by atoms with Crippen molar-refractivity contribution in [2.45, 2.75) is 39.3 Å². The molecule has 1 N–H and O–H groups in total. The Bertz CT molecular complexity index is 471. The molecule has 0 saturated carbocycles. The van der Waals surface area contributed by atoms with Crippen LogP contribution in [0.15, 0.2) is 4.52 Å². The second kappa shape index (κ2) is 6.88. The fourth-order valence-corrected chi connectivity index (χ4v) is 1.70. The van der Waals surface area contributed by atoms with Gasteiger partial charge in [0.15, 0.2) is 5.82 Å². The largest absolute Gasteiger partial charge is 0.481 e. The smallest absolute Gasteiger partial charge is 0.411 e. The third-order valence-corrected chi connectivity index (χ3v) is 2.51. The molecule has 0 amide bonds. The molecule has 1 rings (SSSR count). The number of halogens is 3. The van der Waals surface area contributed by atoms with Gasteiger partial charge in [0.25, 0.3) is 0 Å². The summed E-state index contributed by atoms with van der Waals surface area (Å²) in [5.41, 5.74) is -0.553. The lowest BCUT2D eigenvalue weighted by Crippen LogP contribution is -2.20. The molecule has 0 aliphatic rings. The van der Waals surface area contributed by atoms with Crippen LogP contribution in [0.2, 0.25) is 0 Å². The van der Waals surface area contributed by atoms with E-state index < -0.39 is 24.2 Å². The number of carboxylic acids is 1. The average molecular weight is 310 g/mol. The zero-order chi connectivity index (χ0) is 16.1. The Balaban J connectivity index is 2.41. The number of alkyl halides is 3. The fraction of sp³-hybridized carbons (Fsp3) is 0.750. The van der Waals surface area contributed by atoms with Gasteiger partial charge in [-0.1, -0.05) is 19.0 Å². The highest BCUT2D eigenvalue weighted by Gasteiger charge is 2.27. The number of aliphatic carboxylic acids is 1. The molecule has 1 aromatic heterocycles. The Hall–Kier alpha value is -1.64. The van der Waals surface area contributed by atoms with Crippen molar-refractivity contribution in [2.75, 3.05) is 13.2 Å². The molecule has 1 aromatic rings. The number of carbonyl (C=O) groups is 1. The second-order valence-electron chi connectivity index (χ2n) is 5.43. The van der Waals surface area contributed by atoms with Gasteiger partial charge in [0.1, 0.15) is 6.61 Å². The van der Waals surface area contributed by atoms with Crippen LogP contribution in [0.5, 0.6) is 0 Å². The molecule has 9 heteroatoms. The lowest BCUT2D eigenvalue weighted by atomic mass is 9.86. The predicted octanol–water partition coefficient (Wildman–Crippen LogP) is 2.23. The summed E-state index contributed by atoms with van der Waals surface area (Å²) in [4.78, 5) is 14.7. The highest BCUT2D eigenvalue weighted by atomic mass is 19.4. The Morgan fingerprint density at radius 1 is 1.38 bits per heavy atom. The number of nitrogens with zero attached hydrogens (tertiary/aromatic N) is 2. The number of ether oxygens (including phenoxy) is 1. The van der Waals surface area contributed by atoms with E-state index >= 15 is 0 Å². The monoisotopic (exact) mass is 310 g/mol. The van der Waals surface area contributed by atoms with E-state index in [1.54, 1.807) is 13.8 Å². The Labute approximate surface area is 119 Å². The van der Waals surface area contributed by atoms with Gasteiger partial charge in [-0.05, 0) is 5.41 Å². The van der Waals surface area contributed by atoms with Gasteiger partial charge in [-0.2, -0.15) is 18.2 Å². The maximum absolute atomic E-state index is 11.9. The summed E-state index contributed by atoms with van der Waals surface area (Å²) in [5.74, 6) is -0.439.